The maximum atomic E-state index is 12.0. The Labute approximate surface area is 86.4 Å². The molecule has 0 bridgehead atoms. The van der Waals surface area contributed by atoms with Crippen LogP contribution in [0.5, 0.6) is 0 Å². The Morgan fingerprint density at radius 1 is 1.43 bits per heavy atom. The van der Waals surface area contributed by atoms with Crippen molar-refractivity contribution in [2.45, 2.75) is 33.7 Å². The van der Waals surface area contributed by atoms with Crippen molar-refractivity contribution in [3.63, 3.8) is 0 Å². The van der Waals surface area contributed by atoms with Crippen molar-refractivity contribution in [1.82, 2.24) is 4.90 Å². The van der Waals surface area contributed by atoms with Crippen LogP contribution in [0.1, 0.15) is 27.7 Å². The number of carbonyl (C=O) groups is 1. The van der Waals surface area contributed by atoms with Gasteiger partial charge in [0.05, 0.1) is 19.3 Å². The zero-order valence-electron chi connectivity index (χ0n) is 9.83. The minimum atomic E-state index is 0.0376. The van der Waals surface area contributed by atoms with Crippen molar-refractivity contribution in [3.05, 3.63) is 0 Å². The molecule has 0 aliphatic carbocycles. The molecule has 0 saturated carbocycles. The highest BCUT2D eigenvalue weighted by Crippen LogP contribution is 2.27. The van der Waals surface area contributed by atoms with Crippen LogP contribution < -0.4 is 0 Å². The summed E-state index contributed by atoms with van der Waals surface area (Å²) in [5.74, 6) is 0.291. The summed E-state index contributed by atoms with van der Waals surface area (Å²) in [6.07, 6.45) is 0. The standard InChI is InChI=1S/C11H21NO2/c1-8(11(2,3)4)10(13)12(5)9-6-14-7-9/h8-9H,6-7H2,1-5H3/t8-/m1/s1. The first-order chi connectivity index (χ1) is 6.34. The molecule has 1 amide bonds. The van der Waals surface area contributed by atoms with Crippen LogP contribution in [-0.2, 0) is 9.53 Å². The number of nitrogens with zero attached hydrogens (tertiary/aromatic N) is 1. The largest absolute Gasteiger partial charge is 0.377 e. The second-order valence-electron chi connectivity index (χ2n) is 5.23. The molecule has 3 heteroatoms. The fraction of sp³-hybridized carbons (Fsp3) is 0.909. The van der Waals surface area contributed by atoms with Crippen molar-refractivity contribution in [2.24, 2.45) is 11.3 Å². The van der Waals surface area contributed by atoms with Gasteiger partial charge in [0.15, 0.2) is 0 Å². The van der Waals surface area contributed by atoms with E-state index in [1.54, 1.807) is 0 Å². The lowest BCUT2D eigenvalue weighted by molar-refractivity contribution is -0.148. The number of rotatable bonds is 2. The highest BCUT2D eigenvalue weighted by molar-refractivity contribution is 5.79. The summed E-state index contributed by atoms with van der Waals surface area (Å²) in [6, 6.07) is 0.298. The first kappa shape index (κ1) is 11.5. The molecule has 1 aliphatic heterocycles. The van der Waals surface area contributed by atoms with Crippen LogP contribution in [0.3, 0.4) is 0 Å². The van der Waals surface area contributed by atoms with Gasteiger partial charge in [0.25, 0.3) is 0 Å². The summed E-state index contributed by atoms with van der Waals surface area (Å²) in [7, 11) is 1.87. The Morgan fingerprint density at radius 2 is 1.93 bits per heavy atom. The average molecular weight is 199 g/mol. The number of likely N-dealkylation sites (N-methyl/N-ethyl adjacent to an activating group) is 1. The predicted octanol–water partition coefficient (Wildman–Crippen LogP) is 1.53. The minimum Gasteiger partial charge on any atom is -0.377 e. The lowest BCUT2D eigenvalue weighted by Gasteiger charge is -2.38. The van der Waals surface area contributed by atoms with E-state index in [2.05, 4.69) is 20.8 Å². The molecule has 1 rings (SSSR count). The van der Waals surface area contributed by atoms with Crippen molar-refractivity contribution < 1.29 is 9.53 Å². The first-order valence-electron chi connectivity index (χ1n) is 5.18. The van der Waals surface area contributed by atoms with Crippen molar-refractivity contribution >= 4 is 5.91 Å². The van der Waals surface area contributed by atoms with Gasteiger partial charge in [-0.2, -0.15) is 0 Å². The molecule has 0 spiro atoms. The summed E-state index contributed by atoms with van der Waals surface area (Å²) in [4.78, 5) is 13.8. The van der Waals surface area contributed by atoms with Gasteiger partial charge in [-0.1, -0.05) is 27.7 Å². The fourth-order valence-corrected chi connectivity index (χ4v) is 1.30. The van der Waals surface area contributed by atoms with Gasteiger partial charge in [-0.05, 0) is 5.41 Å². The third kappa shape index (κ3) is 2.27. The second-order valence-corrected chi connectivity index (χ2v) is 5.23. The summed E-state index contributed by atoms with van der Waals surface area (Å²) in [5, 5.41) is 0. The summed E-state index contributed by atoms with van der Waals surface area (Å²) in [6.45, 7) is 9.68. The number of hydrogen-bond acceptors (Lipinski definition) is 2. The van der Waals surface area contributed by atoms with E-state index in [-0.39, 0.29) is 17.2 Å². The van der Waals surface area contributed by atoms with Crippen molar-refractivity contribution in [2.75, 3.05) is 20.3 Å². The van der Waals surface area contributed by atoms with E-state index in [1.807, 2.05) is 18.9 Å². The molecule has 3 nitrogen and oxygen atoms in total. The minimum absolute atomic E-state index is 0.0376. The van der Waals surface area contributed by atoms with Gasteiger partial charge in [-0.3, -0.25) is 4.79 Å². The molecule has 1 heterocycles. The molecular weight excluding hydrogens is 178 g/mol. The van der Waals surface area contributed by atoms with E-state index >= 15 is 0 Å². The lowest BCUT2D eigenvalue weighted by atomic mass is 9.81. The SMILES string of the molecule is C[C@H](C(=O)N(C)C1COC1)C(C)(C)C. The van der Waals surface area contributed by atoms with E-state index in [4.69, 9.17) is 4.74 Å². The van der Waals surface area contributed by atoms with E-state index in [9.17, 15) is 4.79 Å². The van der Waals surface area contributed by atoms with Crippen LogP contribution in [-0.4, -0.2) is 37.1 Å². The quantitative estimate of drug-likeness (QED) is 0.675. The zero-order valence-corrected chi connectivity index (χ0v) is 9.83. The van der Waals surface area contributed by atoms with Crippen LogP contribution in [0.25, 0.3) is 0 Å². The van der Waals surface area contributed by atoms with E-state index in [0.717, 1.165) is 0 Å². The summed E-state index contributed by atoms with van der Waals surface area (Å²) < 4.78 is 5.08. The molecule has 0 radical (unpaired) electrons. The zero-order chi connectivity index (χ0) is 10.9. The Balaban J connectivity index is 2.55. The Morgan fingerprint density at radius 3 is 2.21 bits per heavy atom. The van der Waals surface area contributed by atoms with E-state index in [0.29, 0.717) is 19.3 Å². The first-order valence-corrected chi connectivity index (χ1v) is 5.18. The molecule has 82 valence electrons. The number of hydrogen-bond donors (Lipinski definition) is 0. The number of ether oxygens (including phenoxy) is 1. The smallest absolute Gasteiger partial charge is 0.226 e. The summed E-state index contributed by atoms with van der Waals surface area (Å²) in [5.41, 5.74) is 0.0376. The molecule has 0 aromatic rings. The van der Waals surface area contributed by atoms with Gasteiger partial charge in [-0.15, -0.1) is 0 Å². The van der Waals surface area contributed by atoms with Gasteiger partial charge in [0.2, 0.25) is 5.91 Å². The topological polar surface area (TPSA) is 29.5 Å². The fourth-order valence-electron chi connectivity index (χ4n) is 1.30. The molecule has 1 atom stereocenters. The second kappa shape index (κ2) is 3.89. The van der Waals surface area contributed by atoms with Crippen LogP contribution in [0.2, 0.25) is 0 Å². The molecule has 0 unspecified atom stereocenters. The van der Waals surface area contributed by atoms with Gasteiger partial charge in [-0.25, -0.2) is 0 Å². The van der Waals surface area contributed by atoms with E-state index in [1.165, 1.54) is 0 Å². The van der Waals surface area contributed by atoms with Gasteiger partial charge in [0, 0.05) is 13.0 Å². The van der Waals surface area contributed by atoms with Crippen LogP contribution in [0.15, 0.2) is 0 Å². The average Bonchev–Trinajstić information content (AvgIpc) is 1.96. The monoisotopic (exact) mass is 199 g/mol. The molecule has 1 aliphatic rings. The van der Waals surface area contributed by atoms with Gasteiger partial charge >= 0.3 is 0 Å². The highest BCUT2D eigenvalue weighted by Gasteiger charge is 2.34. The molecule has 0 N–H and O–H groups in total. The van der Waals surface area contributed by atoms with Gasteiger partial charge < -0.3 is 9.64 Å². The molecule has 1 fully saturated rings. The molecular formula is C11H21NO2. The Kier molecular flexibility index (Phi) is 3.20. The van der Waals surface area contributed by atoms with Crippen LogP contribution in [0.4, 0.5) is 0 Å². The summed E-state index contributed by atoms with van der Waals surface area (Å²) >= 11 is 0. The normalized spacial score (nSPS) is 20.1. The Bertz CT molecular complexity index is 216. The third-order valence-corrected chi connectivity index (χ3v) is 3.19. The molecule has 0 aromatic heterocycles. The van der Waals surface area contributed by atoms with E-state index < -0.39 is 0 Å². The lowest BCUT2D eigenvalue weighted by Crippen LogP contribution is -2.52. The maximum Gasteiger partial charge on any atom is 0.226 e. The molecule has 14 heavy (non-hydrogen) atoms. The Hall–Kier alpha value is -0.570. The highest BCUT2D eigenvalue weighted by atomic mass is 16.5. The predicted molar refractivity (Wildman–Crippen MR) is 56.0 cm³/mol. The van der Waals surface area contributed by atoms with Crippen molar-refractivity contribution in [1.29, 1.82) is 0 Å². The molecule has 1 saturated heterocycles. The van der Waals surface area contributed by atoms with Gasteiger partial charge in [0.1, 0.15) is 0 Å². The van der Waals surface area contributed by atoms with Crippen LogP contribution in [0, 0.1) is 11.3 Å². The van der Waals surface area contributed by atoms with Crippen LogP contribution >= 0.6 is 0 Å². The number of carbonyl (C=O) groups excluding carboxylic acids is 1. The van der Waals surface area contributed by atoms with Crippen molar-refractivity contribution in [3.8, 4) is 0 Å². The molecule has 0 aromatic carbocycles. The number of amides is 1. The third-order valence-electron chi connectivity index (χ3n) is 3.19. The maximum absolute atomic E-state index is 12.0.